The Balaban J connectivity index is 2.27. The van der Waals surface area contributed by atoms with E-state index < -0.39 is 10.0 Å². The third-order valence-electron chi connectivity index (χ3n) is 2.74. The second kappa shape index (κ2) is 5.82. The third-order valence-corrected chi connectivity index (χ3v) is 5.03. The van der Waals surface area contributed by atoms with E-state index in [1.54, 1.807) is 30.3 Å². The molecule has 0 heterocycles. The summed E-state index contributed by atoms with van der Waals surface area (Å²) in [5, 5.41) is 0. The Morgan fingerprint density at radius 1 is 1.05 bits per heavy atom. The van der Waals surface area contributed by atoms with Crippen LogP contribution in [0.4, 0.5) is 11.4 Å². The molecular weight excluding hydrogens is 342 g/mol. The van der Waals surface area contributed by atoms with Gasteiger partial charge in [-0.3, -0.25) is 10.6 Å². The van der Waals surface area contributed by atoms with Gasteiger partial charge in [-0.15, -0.1) is 0 Å². The van der Waals surface area contributed by atoms with Crippen LogP contribution in [0.15, 0.2) is 51.8 Å². The molecule has 0 fully saturated rings. The van der Waals surface area contributed by atoms with Crippen molar-refractivity contribution < 1.29 is 8.42 Å². The number of halogens is 1. The Labute approximate surface area is 126 Å². The van der Waals surface area contributed by atoms with E-state index in [0.29, 0.717) is 11.4 Å². The predicted octanol–water partition coefficient (Wildman–Crippen LogP) is 2.84. The minimum Gasteiger partial charge on any atom is -0.324 e. The van der Waals surface area contributed by atoms with Gasteiger partial charge < -0.3 is 5.43 Å². The molecule has 2 aromatic rings. The van der Waals surface area contributed by atoms with Gasteiger partial charge in [0, 0.05) is 15.8 Å². The molecule has 2 aromatic carbocycles. The highest BCUT2D eigenvalue weighted by Gasteiger charge is 2.14. The molecule has 7 heteroatoms. The first-order chi connectivity index (χ1) is 9.42. The van der Waals surface area contributed by atoms with Gasteiger partial charge in [-0.1, -0.05) is 15.9 Å². The Kier molecular flexibility index (Phi) is 4.32. The fourth-order valence-electron chi connectivity index (χ4n) is 1.65. The first-order valence-electron chi connectivity index (χ1n) is 5.78. The van der Waals surface area contributed by atoms with E-state index in [1.165, 1.54) is 12.1 Å². The van der Waals surface area contributed by atoms with Crippen LogP contribution in [0.1, 0.15) is 5.56 Å². The smallest absolute Gasteiger partial charge is 0.261 e. The molecule has 0 aliphatic carbocycles. The lowest BCUT2D eigenvalue weighted by Crippen LogP contribution is -2.13. The van der Waals surface area contributed by atoms with Crippen LogP contribution in [-0.4, -0.2) is 8.42 Å². The average Bonchev–Trinajstić information content (AvgIpc) is 2.43. The van der Waals surface area contributed by atoms with E-state index in [-0.39, 0.29) is 4.90 Å². The standard InChI is InChI=1S/C13H14BrN3O2S/c1-9-8-11(4-7-13(9)14)17-20(18,19)12-5-2-10(16-15)3-6-12/h2-8,16-17H,15H2,1H3. The molecule has 0 unspecified atom stereocenters. The summed E-state index contributed by atoms with van der Waals surface area (Å²) in [6, 6.07) is 11.4. The molecule has 5 nitrogen and oxygen atoms in total. The maximum absolute atomic E-state index is 12.2. The maximum Gasteiger partial charge on any atom is 0.261 e. The highest BCUT2D eigenvalue weighted by molar-refractivity contribution is 9.10. The number of nitrogens with two attached hydrogens (primary N) is 1. The first kappa shape index (κ1) is 14.8. The number of nitrogen functional groups attached to an aromatic ring is 1. The van der Waals surface area contributed by atoms with Crippen LogP contribution in [0, 0.1) is 6.92 Å². The van der Waals surface area contributed by atoms with E-state index in [4.69, 9.17) is 5.84 Å². The van der Waals surface area contributed by atoms with Crippen molar-refractivity contribution in [3.8, 4) is 0 Å². The lowest BCUT2D eigenvalue weighted by Gasteiger charge is -2.10. The molecule has 2 rings (SSSR count). The largest absolute Gasteiger partial charge is 0.324 e. The second-order valence-electron chi connectivity index (χ2n) is 4.24. The number of rotatable bonds is 4. The van der Waals surface area contributed by atoms with Crippen molar-refractivity contribution in [1.82, 2.24) is 0 Å². The van der Waals surface area contributed by atoms with Crippen molar-refractivity contribution in [2.45, 2.75) is 11.8 Å². The zero-order valence-electron chi connectivity index (χ0n) is 10.7. The van der Waals surface area contributed by atoms with Crippen LogP contribution in [-0.2, 0) is 10.0 Å². The molecule has 0 aliphatic rings. The van der Waals surface area contributed by atoms with Gasteiger partial charge in [-0.05, 0) is 55.0 Å². The van der Waals surface area contributed by atoms with E-state index in [1.807, 2.05) is 6.92 Å². The van der Waals surface area contributed by atoms with Gasteiger partial charge >= 0.3 is 0 Å². The Bertz CT molecular complexity index is 715. The molecule has 0 amide bonds. The van der Waals surface area contributed by atoms with Gasteiger partial charge in [0.15, 0.2) is 0 Å². The molecular formula is C13H14BrN3O2S. The number of nitrogens with one attached hydrogen (secondary N) is 2. The van der Waals surface area contributed by atoms with Crippen molar-refractivity contribution in [2.75, 3.05) is 10.1 Å². The Hall–Kier alpha value is -1.57. The molecule has 0 bridgehead atoms. The maximum atomic E-state index is 12.2. The van der Waals surface area contributed by atoms with Gasteiger partial charge in [0.05, 0.1) is 4.90 Å². The van der Waals surface area contributed by atoms with Crippen LogP contribution in [0.3, 0.4) is 0 Å². The monoisotopic (exact) mass is 355 g/mol. The molecule has 0 spiro atoms. The van der Waals surface area contributed by atoms with E-state index in [2.05, 4.69) is 26.1 Å². The van der Waals surface area contributed by atoms with Gasteiger partial charge in [0.25, 0.3) is 10.0 Å². The molecule has 106 valence electrons. The molecule has 0 atom stereocenters. The number of hydrogen-bond acceptors (Lipinski definition) is 4. The fourth-order valence-corrected chi connectivity index (χ4v) is 2.95. The van der Waals surface area contributed by atoms with Gasteiger partial charge in [0.2, 0.25) is 0 Å². The number of aryl methyl sites for hydroxylation is 1. The summed E-state index contributed by atoms with van der Waals surface area (Å²) in [6.45, 7) is 1.89. The summed E-state index contributed by atoms with van der Waals surface area (Å²) in [5.74, 6) is 5.24. The minimum atomic E-state index is -3.60. The predicted molar refractivity (Wildman–Crippen MR) is 83.9 cm³/mol. The molecule has 20 heavy (non-hydrogen) atoms. The van der Waals surface area contributed by atoms with Crippen LogP contribution in [0.25, 0.3) is 0 Å². The molecule has 0 aliphatic heterocycles. The lowest BCUT2D eigenvalue weighted by molar-refractivity contribution is 0.601. The molecule has 0 radical (unpaired) electrons. The minimum absolute atomic E-state index is 0.178. The Morgan fingerprint density at radius 3 is 2.20 bits per heavy atom. The normalized spacial score (nSPS) is 11.2. The highest BCUT2D eigenvalue weighted by atomic mass is 79.9. The molecule has 0 saturated heterocycles. The van der Waals surface area contributed by atoms with Gasteiger partial charge in [-0.25, -0.2) is 8.42 Å². The highest BCUT2D eigenvalue weighted by Crippen LogP contribution is 2.22. The fraction of sp³-hybridized carbons (Fsp3) is 0.0769. The average molecular weight is 356 g/mol. The SMILES string of the molecule is Cc1cc(NS(=O)(=O)c2ccc(NN)cc2)ccc1Br. The van der Waals surface area contributed by atoms with Crippen molar-refractivity contribution in [3.05, 3.63) is 52.5 Å². The van der Waals surface area contributed by atoms with Crippen LogP contribution in [0.5, 0.6) is 0 Å². The zero-order valence-corrected chi connectivity index (χ0v) is 13.1. The van der Waals surface area contributed by atoms with Crippen LogP contribution >= 0.6 is 15.9 Å². The number of hydrogen-bond donors (Lipinski definition) is 3. The first-order valence-corrected chi connectivity index (χ1v) is 8.05. The number of anilines is 2. The molecule has 0 saturated carbocycles. The summed E-state index contributed by atoms with van der Waals surface area (Å²) >= 11 is 3.37. The van der Waals surface area contributed by atoms with Crippen molar-refractivity contribution >= 4 is 37.3 Å². The summed E-state index contributed by atoms with van der Waals surface area (Å²) in [4.78, 5) is 0.178. The van der Waals surface area contributed by atoms with Crippen LogP contribution in [0.2, 0.25) is 0 Å². The Morgan fingerprint density at radius 2 is 1.65 bits per heavy atom. The van der Waals surface area contributed by atoms with E-state index >= 15 is 0 Å². The summed E-state index contributed by atoms with van der Waals surface area (Å²) in [6.07, 6.45) is 0. The van der Waals surface area contributed by atoms with Crippen molar-refractivity contribution in [2.24, 2.45) is 5.84 Å². The quantitative estimate of drug-likeness (QED) is 0.581. The topological polar surface area (TPSA) is 84.2 Å². The summed E-state index contributed by atoms with van der Waals surface area (Å²) in [5.41, 5.74) is 4.56. The number of benzene rings is 2. The van der Waals surface area contributed by atoms with Crippen LogP contribution < -0.4 is 16.0 Å². The van der Waals surface area contributed by atoms with E-state index in [0.717, 1.165) is 10.0 Å². The molecule has 4 N–H and O–H groups in total. The van der Waals surface area contributed by atoms with Gasteiger partial charge in [-0.2, -0.15) is 0 Å². The van der Waals surface area contributed by atoms with Crippen molar-refractivity contribution in [1.29, 1.82) is 0 Å². The zero-order chi connectivity index (χ0) is 14.8. The second-order valence-corrected chi connectivity index (χ2v) is 6.77. The van der Waals surface area contributed by atoms with Gasteiger partial charge in [0.1, 0.15) is 0 Å². The number of hydrazine groups is 1. The van der Waals surface area contributed by atoms with E-state index in [9.17, 15) is 8.42 Å². The third kappa shape index (κ3) is 3.30. The summed E-state index contributed by atoms with van der Waals surface area (Å²) < 4.78 is 27.9. The molecule has 0 aromatic heterocycles. The summed E-state index contributed by atoms with van der Waals surface area (Å²) in [7, 11) is -3.60. The van der Waals surface area contributed by atoms with Crippen molar-refractivity contribution in [3.63, 3.8) is 0 Å². The lowest BCUT2D eigenvalue weighted by atomic mass is 10.2. The number of sulfonamides is 1.